The molecule has 0 radical (unpaired) electrons. The predicted octanol–water partition coefficient (Wildman–Crippen LogP) is 4.13. The summed E-state index contributed by atoms with van der Waals surface area (Å²) in [6.45, 7) is 5.97. The zero-order valence-corrected chi connectivity index (χ0v) is 11.9. The molecule has 0 amide bonds. The highest BCUT2D eigenvalue weighted by atomic mass is 79.9. The lowest BCUT2D eigenvalue weighted by atomic mass is 9.90. The molecular weight excluding hydrogens is 278 g/mol. The lowest BCUT2D eigenvalue weighted by molar-refractivity contribution is 0.0937. The topological polar surface area (TPSA) is 40.9 Å². The van der Waals surface area contributed by atoms with E-state index in [0.29, 0.717) is 17.9 Å². The van der Waals surface area contributed by atoms with Gasteiger partial charge in [0.05, 0.1) is 6.07 Å². The second kappa shape index (κ2) is 5.97. The molecular formula is C14H16BrNO. The van der Waals surface area contributed by atoms with Crippen molar-refractivity contribution in [1.82, 2.24) is 0 Å². The molecule has 17 heavy (non-hydrogen) atoms. The van der Waals surface area contributed by atoms with Gasteiger partial charge in [-0.15, -0.1) is 0 Å². The van der Waals surface area contributed by atoms with Crippen molar-refractivity contribution >= 4 is 21.7 Å². The highest BCUT2D eigenvalue weighted by molar-refractivity contribution is 9.10. The van der Waals surface area contributed by atoms with Crippen LogP contribution in [0.25, 0.3) is 0 Å². The van der Waals surface area contributed by atoms with Gasteiger partial charge in [0.2, 0.25) is 0 Å². The molecule has 1 rings (SSSR count). The van der Waals surface area contributed by atoms with E-state index in [0.717, 1.165) is 10.0 Å². The molecule has 0 aromatic heterocycles. The summed E-state index contributed by atoms with van der Waals surface area (Å²) in [5.74, 6) is -0.257. The summed E-state index contributed by atoms with van der Waals surface area (Å²) in [7, 11) is 0. The van der Waals surface area contributed by atoms with Gasteiger partial charge in [-0.25, -0.2) is 0 Å². The standard InChI is InChI=1S/C14H16BrNO/c1-9(2)6-12(8-16)14(17)11-4-5-13(15)10(3)7-11/h4-5,7,9,12H,6H2,1-3H3. The third-order valence-electron chi connectivity index (χ3n) is 2.62. The van der Waals surface area contributed by atoms with Gasteiger partial charge in [-0.1, -0.05) is 35.8 Å². The van der Waals surface area contributed by atoms with E-state index in [2.05, 4.69) is 22.0 Å². The molecule has 0 bridgehead atoms. The van der Waals surface area contributed by atoms with Gasteiger partial charge >= 0.3 is 0 Å². The molecule has 1 aromatic rings. The number of halogens is 1. The second-order valence-electron chi connectivity index (χ2n) is 4.64. The van der Waals surface area contributed by atoms with Gasteiger partial charge < -0.3 is 0 Å². The molecule has 90 valence electrons. The van der Waals surface area contributed by atoms with Crippen molar-refractivity contribution in [3.63, 3.8) is 0 Å². The van der Waals surface area contributed by atoms with Crippen LogP contribution in [-0.2, 0) is 0 Å². The Morgan fingerprint density at radius 1 is 1.47 bits per heavy atom. The van der Waals surface area contributed by atoms with Gasteiger partial charge in [0.1, 0.15) is 5.92 Å². The Morgan fingerprint density at radius 3 is 2.59 bits per heavy atom. The van der Waals surface area contributed by atoms with Crippen LogP contribution in [0.5, 0.6) is 0 Å². The van der Waals surface area contributed by atoms with Crippen LogP contribution in [0.4, 0.5) is 0 Å². The van der Waals surface area contributed by atoms with E-state index in [9.17, 15) is 4.79 Å². The van der Waals surface area contributed by atoms with Crippen LogP contribution in [0.15, 0.2) is 22.7 Å². The number of carbonyl (C=O) groups excluding carboxylic acids is 1. The highest BCUT2D eigenvalue weighted by Gasteiger charge is 2.21. The van der Waals surface area contributed by atoms with Gasteiger partial charge in [0.15, 0.2) is 5.78 Å². The molecule has 3 heteroatoms. The SMILES string of the molecule is Cc1cc(C(=O)C(C#N)CC(C)C)ccc1Br. The van der Waals surface area contributed by atoms with Crippen molar-refractivity contribution in [2.24, 2.45) is 11.8 Å². The van der Waals surface area contributed by atoms with E-state index in [1.54, 1.807) is 6.07 Å². The Labute approximate surface area is 111 Å². The third kappa shape index (κ3) is 3.67. The largest absolute Gasteiger partial charge is 0.293 e. The fourth-order valence-electron chi connectivity index (χ4n) is 1.69. The van der Waals surface area contributed by atoms with Gasteiger partial charge in [0.25, 0.3) is 0 Å². The summed E-state index contributed by atoms with van der Waals surface area (Å²) < 4.78 is 0.978. The number of benzene rings is 1. The monoisotopic (exact) mass is 293 g/mol. The molecule has 0 saturated carbocycles. The summed E-state index contributed by atoms with van der Waals surface area (Å²) in [6, 6.07) is 7.56. The van der Waals surface area contributed by atoms with Crippen LogP contribution in [0.2, 0.25) is 0 Å². The van der Waals surface area contributed by atoms with E-state index < -0.39 is 5.92 Å². The van der Waals surface area contributed by atoms with E-state index in [1.807, 2.05) is 32.9 Å². The third-order valence-corrected chi connectivity index (χ3v) is 3.51. The van der Waals surface area contributed by atoms with Crippen LogP contribution >= 0.6 is 15.9 Å². The number of Topliss-reactive ketones (excluding diaryl/α,β-unsaturated/α-hetero) is 1. The van der Waals surface area contributed by atoms with E-state index in [4.69, 9.17) is 5.26 Å². The zero-order valence-electron chi connectivity index (χ0n) is 10.3. The van der Waals surface area contributed by atoms with Gasteiger partial charge in [-0.3, -0.25) is 4.79 Å². The minimum absolute atomic E-state index is 0.0724. The van der Waals surface area contributed by atoms with E-state index >= 15 is 0 Å². The molecule has 0 aliphatic carbocycles. The fraction of sp³-hybridized carbons (Fsp3) is 0.429. The lowest BCUT2D eigenvalue weighted by Crippen LogP contribution is -2.15. The first-order chi connectivity index (χ1) is 7.95. The Bertz CT molecular complexity index is 460. The first-order valence-electron chi connectivity index (χ1n) is 5.65. The summed E-state index contributed by atoms with van der Waals surface area (Å²) >= 11 is 3.40. The first-order valence-corrected chi connectivity index (χ1v) is 6.45. The summed E-state index contributed by atoms with van der Waals surface area (Å²) in [4.78, 5) is 12.1. The van der Waals surface area contributed by atoms with Crippen LogP contribution in [-0.4, -0.2) is 5.78 Å². The molecule has 0 aliphatic rings. The van der Waals surface area contributed by atoms with E-state index in [-0.39, 0.29) is 5.78 Å². The Hall–Kier alpha value is -1.14. The van der Waals surface area contributed by atoms with Gasteiger partial charge in [-0.05, 0) is 37.0 Å². The average Bonchev–Trinajstić information content (AvgIpc) is 2.28. The van der Waals surface area contributed by atoms with Crippen LogP contribution in [0, 0.1) is 30.1 Å². The molecule has 2 nitrogen and oxygen atoms in total. The normalized spacial score (nSPS) is 12.2. The number of aryl methyl sites for hydroxylation is 1. The second-order valence-corrected chi connectivity index (χ2v) is 5.49. The average molecular weight is 294 g/mol. The lowest BCUT2D eigenvalue weighted by Gasteiger charge is -2.11. The minimum atomic E-state index is -0.532. The van der Waals surface area contributed by atoms with Crippen molar-refractivity contribution < 1.29 is 4.79 Å². The highest BCUT2D eigenvalue weighted by Crippen LogP contribution is 2.21. The molecule has 1 unspecified atom stereocenters. The summed E-state index contributed by atoms with van der Waals surface area (Å²) in [6.07, 6.45) is 0.616. The number of ketones is 1. The van der Waals surface area contributed by atoms with Crippen molar-refractivity contribution in [3.8, 4) is 6.07 Å². The van der Waals surface area contributed by atoms with Crippen LogP contribution in [0.3, 0.4) is 0 Å². The maximum absolute atomic E-state index is 12.1. The van der Waals surface area contributed by atoms with Crippen molar-refractivity contribution in [2.45, 2.75) is 27.2 Å². The summed E-state index contributed by atoms with van der Waals surface area (Å²) in [5, 5.41) is 9.05. The van der Waals surface area contributed by atoms with Gasteiger partial charge in [-0.2, -0.15) is 5.26 Å². The molecule has 0 N–H and O–H groups in total. The molecule has 0 heterocycles. The van der Waals surface area contributed by atoms with Crippen molar-refractivity contribution in [1.29, 1.82) is 5.26 Å². The van der Waals surface area contributed by atoms with E-state index in [1.165, 1.54) is 0 Å². The number of hydrogen-bond donors (Lipinski definition) is 0. The maximum Gasteiger partial charge on any atom is 0.179 e. The number of hydrogen-bond acceptors (Lipinski definition) is 2. The number of carbonyl (C=O) groups is 1. The zero-order chi connectivity index (χ0) is 13.0. The van der Waals surface area contributed by atoms with Crippen molar-refractivity contribution in [2.75, 3.05) is 0 Å². The molecule has 1 atom stereocenters. The van der Waals surface area contributed by atoms with Gasteiger partial charge in [0, 0.05) is 10.0 Å². The number of nitrogens with zero attached hydrogens (tertiary/aromatic N) is 1. The Kier molecular flexibility index (Phi) is 4.89. The minimum Gasteiger partial charge on any atom is -0.293 e. The van der Waals surface area contributed by atoms with Crippen LogP contribution < -0.4 is 0 Å². The molecule has 0 spiro atoms. The molecule has 0 fully saturated rings. The molecule has 1 aromatic carbocycles. The van der Waals surface area contributed by atoms with Crippen LogP contribution in [0.1, 0.15) is 36.2 Å². The molecule has 0 aliphatic heterocycles. The maximum atomic E-state index is 12.1. The smallest absolute Gasteiger partial charge is 0.179 e. The Morgan fingerprint density at radius 2 is 2.12 bits per heavy atom. The number of nitriles is 1. The Balaban J connectivity index is 2.95. The number of rotatable bonds is 4. The van der Waals surface area contributed by atoms with Crippen molar-refractivity contribution in [3.05, 3.63) is 33.8 Å². The first kappa shape index (κ1) is 13.9. The molecule has 0 saturated heterocycles. The summed E-state index contributed by atoms with van der Waals surface area (Å²) in [5.41, 5.74) is 1.63. The quantitative estimate of drug-likeness (QED) is 0.783. The fourth-order valence-corrected chi connectivity index (χ4v) is 1.94. The predicted molar refractivity (Wildman–Crippen MR) is 71.8 cm³/mol.